The number of ketones is 2. The van der Waals surface area contributed by atoms with Gasteiger partial charge >= 0.3 is 0 Å². The largest absolute Gasteiger partial charge is 0.300 e. The van der Waals surface area contributed by atoms with Crippen LogP contribution in [0.4, 0.5) is 0 Å². The Bertz CT molecular complexity index is 456. The number of carbonyl (C=O) groups is 2. The predicted molar refractivity (Wildman–Crippen MR) is 83.5 cm³/mol. The van der Waals surface area contributed by atoms with Gasteiger partial charge in [0.1, 0.15) is 5.78 Å². The van der Waals surface area contributed by atoms with Gasteiger partial charge in [0.25, 0.3) is 0 Å². The zero-order valence-corrected chi connectivity index (χ0v) is 14.2. The topological polar surface area (TPSA) is 34.1 Å². The molecule has 0 aromatic carbocycles. The van der Waals surface area contributed by atoms with Crippen LogP contribution in [0.5, 0.6) is 0 Å². The molecule has 0 saturated carbocycles. The average Bonchev–Trinajstić information content (AvgIpc) is 2.17. The Balaban J connectivity index is 3.44. The van der Waals surface area contributed by atoms with Gasteiger partial charge in [-0.2, -0.15) is 0 Å². The Morgan fingerprint density at radius 2 is 1.35 bits per heavy atom. The normalized spacial score (nSPS) is 19.5. The molecule has 1 aliphatic rings. The quantitative estimate of drug-likeness (QED) is 0.744. The number of hydrogen-bond acceptors (Lipinski definition) is 2. The van der Waals surface area contributed by atoms with Gasteiger partial charge in [-0.1, -0.05) is 60.6 Å². The van der Waals surface area contributed by atoms with Crippen molar-refractivity contribution in [1.29, 1.82) is 0 Å². The smallest absolute Gasteiger partial charge is 0.185 e. The summed E-state index contributed by atoms with van der Waals surface area (Å²) >= 11 is 0. The maximum atomic E-state index is 12.8. The average molecular weight is 276 g/mol. The minimum Gasteiger partial charge on any atom is -0.300 e. The molecule has 1 rings (SSSR count). The fraction of sp³-hybridized carbons (Fsp3) is 0.667. The Labute approximate surface area is 123 Å². The molecule has 0 saturated heterocycles. The first-order valence-electron chi connectivity index (χ1n) is 7.27. The molecule has 0 heterocycles. The number of rotatable bonds is 2. The third kappa shape index (κ3) is 3.68. The summed E-state index contributed by atoms with van der Waals surface area (Å²) in [4.78, 5) is 24.3. The molecule has 1 aliphatic carbocycles. The van der Waals surface area contributed by atoms with Crippen molar-refractivity contribution in [3.8, 4) is 0 Å². The molecule has 0 spiro atoms. The second-order valence-corrected chi connectivity index (χ2v) is 8.33. The number of Topliss-reactive ketones (excluding diaryl/α,β-unsaturated/α-hetero) is 2. The Kier molecular flexibility index (Phi) is 4.20. The lowest BCUT2D eigenvalue weighted by Gasteiger charge is -2.37. The van der Waals surface area contributed by atoms with Crippen LogP contribution in [-0.2, 0) is 9.59 Å². The zero-order chi connectivity index (χ0) is 15.9. The van der Waals surface area contributed by atoms with Crippen molar-refractivity contribution in [1.82, 2.24) is 0 Å². The van der Waals surface area contributed by atoms with Crippen LogP contribution in [0, 0.1) is 16.2 Å². The van der Waals surface area contributed by atoms with E-state index in [1.54, 1.807) is 6.92 Å². The van der Waals surface area contributed by atoms with Crippen molar-refractivity contribution in [3.63, 3.8) is 0 Å². The van der Waals surface area contributed by atoms with E-state index < -0.39 is 0 Å². The van der Waals surface area contributed by atoms with Crippen LogP contribution in [0.2, 0.25) is 0 Å². The van der Waals surface area contributed by atoms with E-state index in [1.807, 2.05) is 19.1 Å². The van der Waals surface area contributed by atoms with E-state index in [9.17, 15) is 9.59 Å². The van der Waals surface area contributed by atoms with Gasteiger partial charge in [0, 0.05) is 23.0 Å². The van der Waals surface area contributed by atoms with Gasteiger partial charge < -0.3 is 0 Å². The van der Waals surface area contributed by atoms with Gasteiger partial charge in [0.05, 0.1) is 0 Å². The predicted octanol–water partition coefficient (Wildman–Crippen LogP) is 4.50. The minimum atomic E-state index is -0.356. The molecule has 0 unspecified atom stereocenters. The monoisotopic (exact) mass is 276 g/mol. The van der Waals surface area contributed by atoms with E-state index in [0.29, 0.717) is 6.42 Å². The second-order valence-electron chi connectivity index (χ2n) is 8.33. The maximum absolute atomic E-state index is 12.8. The maximum Gasteiger partial charge on any atom is 0.185 e. The third-order valence-electron chi connectivity index (χ3n) is 3.68. The van der Waals surface area contributed by atoms with E-state index in [2.05, 4.69) is 41.5 Å². The number of allylic oxidation sites excluding steroid dienone is 4. The molecule has 112 valence electrons. The first kappa shape index (κ1) is 16.9. The van der Waals surface area contributed by atoms with Crippen LogP contribution in [-0.4, -0.2) is 11.6 Å². The zero-order valence-electron chi connectivity index (χ0n) is 14.2. The fourth-order valence-electron chi connectivity index (χ4n) is 2.73. The Hall–Kier alpha value is -1.18. The van der Waals surface area contributed by atoms with E-state index in [4.69, 9.17) is 0 Å². The first-order valence-corrected chi connectivity index (χ1v) is 7.27. The van der Waals surface area contributed by atoms with Crippen molar-refractivity contribution in [2.75, 3.05) is 0 Å². The minimum absolute atomic E-state index is 0.131. The molecule has 0 atom stereocenters. The highest BCUT2D eigenvalue weighted by molar-refractivity contribution is 6.11. The molecule has 0 fully saturated rings. The lowest BCUT2D eigenvalue weighted by atomic mass is 9.66. The van der Waals surface area contributed by atoms with Crippen molar-refractivity contribution < 1.29 is 9.59 Å². The third-order valence-corrected chi connectivity index (χ3v) is 3.68. The van der Waals surface area contributed by atoms with Gasteiger partial charge in [-0.05, 0) is 17.8 Å². The summed E-state index contributed by atoms with van der Waals surface area (Å²) in [5, 5.41) is 0. The molecule has 0 N–H and O–H groups in total. The summed E-state index contributed by atoms with van der Waals surface area (Å²) in [5.41, 5.74) is 0.882. The van der Waals surface area contributed by atoms with E-state index >= 15 is 0 Å². The van der Waals surface area contributed by atoms with Gasteiger partial charge in [-0.15, -0.1) is 0 Å². The van der Waals surface area contributed by atoms with Crippen molar-refractivity contribution in [3.05, 3.63) is 23.3 Å². The summed E-state index contributed by atoms with van der Waals surface area (Å²) in [6, 6.07) is 0. The highest BCUT2D eigenvalue weighted by Crippen LogP contribution is 2.44. The van der Waals surface area contributed by atoms with Gasteiger partial charge in [-0.3, -0.25) is 9.59 Å². The second kappa shape index (κ2) is 4.98. The summed E-state index contributed by atoms with van der Waals surface area (Å²) in [6.45, 7) is 16.0. The highest BCUT2D eigenvalue weighted by Gasteiger charge is 2.39. The van der Waals surface area contributed by atoms with Crippen LogP contribution in [0.25, 0.3) is 0 Å². The number of carbonyl (C=O) groups excluding carboxylic acids is 2. The first-order chi connectivity index (χ1) is 8.76. The molecule has 2 heteroatoms. The molecule has 0 bridgehead atoms. The van der Waals surface area contributed by atoms with Crippen LogP contribution in [0.1, 0.15) is 61.8 Å². The summed E-state index contributed by atoms with van der Waals surface area (Å²) in [5.74, 6) is 0.280. The molecular formula is C18H28O2. The van der Waals surface area contributed by atoms with E-state index in [0.717, 1.165) is 11.1 Å². The standard InChI is InChI=1S/C18H28O2/c1-12(19)9-18(8)10-13(16(2,3)4)15(20)14(11-18)17(5,6)7/h10-11H,9H2,1-8H3. The van der Waals surface area contributed by atoms with Crippen LogP contribution in [0.3, 0.4) is 0 Å². The van der Waals surface area contributed by atoms with Crippen molar-refractivity contribution in [2.45, 2.75) is 61.8 Å². The SMILES string of the molecule is CC(=O)CC1(C)C=C(C(C)(C)C)C(=O)C(C(C)(C)C)=C1. The van der Waals surface area contributed by atoms with Crippen molar-refractivity contribution in [2.24, 2.45) is 16.2 Å². The highest BCUT2D eigenvalue weighted by atomic mass is 16.1. The molecule has 0 aromatic rings. The van der Waals surface area contributed by atoms with Gasteiger partial charge in [-0.25, -0.2) is 0 Å². The molecule has 20 heavy (non-hydrogen) atoms. The number of hydrogen-bond donors (Lipinski definition) is 0. The summed E-state index contributed by atoms with van der Waals surface area (Å²) in [6.07, 6.45) is 4.46. The summed E-state index contributed by atoms with van der Waals surface area (Å²) in [7, 11) is 0. The van der Waals surface area contributed by atoms with Crippen LogP contribution < -0.4 is 0 Å². The molecular weight excluding hydrogens is 248 g/mol. The van der Waals surface area contributed by atoms with Crippen LogP contribution >= 0.6 is 0 Å². The molecule has 0 radical (unpaired) electrons. The Morgan fingerprint density at radius 1 is 1.00 bits per heavy atom. The molecule has 0 aromatic heterocycles. The molecule has 2 nitrogen and oxygen atoms in total. The van der Waals surface area contributed by atoms with Gasteiger partial charge in [0.2, 0.25) is 0 Å². The lowest BCUT2D eigenvalue weighted by molar-refractivity contribution is -0.118. The molecule has 0 amide bonds. The Morgan fingerprint density at radius 3 is 1.60 bits per heavy atom. The van der Waals surface area contributed by atoms with E-state index in [-0.39, 0.29) is 27.8 Å². The lowest BCUT2D eigenvalue weighted by Crippen LogP contribution is -2.33. The summed E-state index contributed by atoms with van der Waals surface area (Å²) < 4.78 is 0. The fourth-order valence-corrected chi connectivity index (χ4v) is 2.73. The molecule has 0 aliphatic heterocycles. The van der Waals surface area contributed by atoms with E-state index in [1.165, 1.54) is 0 Å². The van der Waals surface area contributed by atoms with Crippen molar-refractivity contribution >= 4 is 11.6 Å². The van der Waals surface area contributed by atoms with Crippen LogP contribution in [0.15, 0.2) is 23.3 Å². The van der Waals surface area contributed by atoms with Gasteiger partial charge in [0.15, 0.2) is 5.78 Å².